The summed E-state index contributed by atoms with van der Waals surface area (Å²) in [5.74, 6) is 0.810. The molecule has 0 aliphatic carbocycles. The molecule has 0 saturated heterocycles. The van der Waals surface area contributed by atoms with Gasteiger partial charge in [-0.1, -0.05) is 6.07 Å². The highest BCUT2D eigenvalue weighted by molar-refractivity contribution is 5.90. The minimum absolute atomic E-state index is 0.240. The minimum atomic E-state index is -0.571. The molecule has 0 spiro atoms. The van der Waals surface area contributed by atoms with Gasteiger partial charge in [-0.05, 0) is 67.8 Å². The van der Waals surface area contributed by atoms with Crippen molar-refractivity contribution in [1.82, 2.24) is 9.97 Å². The van der Waals surface area contributed by atoms with Gasteiger partial charge in [0.15, 0.2) is 18.1 Å². The second kappa shape index (κ2) is 8.48. The number of allylic oxidation sites excluding steroid dienone is 1. The van der Waals surface area contributed by atoms with E-state index in [0.717, 1.165) is 27.7 Å². The highest BCUT2D eigenvalue weighted by Gasteiger charge is 2.11. The number of imidazole rings is 1. The fourth-order valence-electron chi connectivity index (χ4n) is 2.87. The van der Waals surface area contributed by atoms with Crippen molar-refractivity contribution in [3.8, 4) is 17.6 Å². The van der Waals surface area contributed by atoms with Gasteiger partial charge in [0.1, 0.15) is 11.9 Å². The lowest BCUT2D eigenvalue weighted by Crippen LogP contribution is -2.20. The summed E-state index contributed by atoms with van der Waals surface area (Å²) in [7, 11) is 0. The molecule has 7 nitrogen and oxygen atoms in total. The number of carbonyl (C=O) groups is 1. The monoisotopic (exact) mass is 390 g/mol. The van der Waals surface area contributed by atoms with Crippen LogP contribution >= 0.6 is 0 Å². The number of benzene rings is 2. The molecule has 0 unspecified atom stereocenters. The molecule has 1 amide bonds. The number of carbonyl (C=O) groups excluding carboxylic acids is 1. The first-order valence-electron chi connectivity index (χ1n) is 9.18. The number of hydrogen-bond acceptors (Lipinski definition) is 5. The summed E-state index contributed by atoms with van der Waals surface area (Å²) in [6.07, 6.45) is 1.72. The van der Waals surface area contributed by atoms with E-state index >= 15 is 0 Å². The van der Waals surface area contributed by atoms with Gasteiger partial charge in [0, 0.05) is 0 Å². The van der Waals surface area contributed by atoms with Crippen molar-refractivity contribution in [2.24, 2.45) is 5.73 Å². The van der Waals surface area contributed by atoms with Crippen LogP contribution < -0.4 is 15.2 Å². The second-order valence-electron chi connectivity index (χ2n) is 6.60. The van der Waals surface area contributed by atoms with Crippen molar-refractivity contribution in [3.05, 3.63) is 52.8 Å². The summed E-state index contributed by atoms with van der Waals surface area (Å²) >= 11 is 0. The zero-order valence-electron chi connectivity index (χ0n) is 16.6. The summed E-state index contributed by atoms with van der Waals surface area (Å²) in [5.41, 5.74) is 10.3. The smallest absolute Gasteiger partial charge is 0.255 e. The molecule has 1 aromatic heterocycles. The Balaban J connectivity index is 1.97. The number of nitriles is 1. The summed E-state index contributed by atoms with van der Waals surface area (Å²) in [6, 6.07) is 11.4. The van der Waals surface area contributed by atoms with E-state index in [9.17, 15) is 10.1 Å². The Labute approximate surface area is 168 Å². The average Bonchev–Trinajstić information content (AvgIpc) is 3.08. The number of H-pyrrole nitrogens is 1. The highest BCUT2D eigenvalue weighted by Crippen LogP contribution is 2.30. The summed E-state index contributed by atoms with van der Waals surface area (Å²) in [5, 5.41) is 9.66. The molecule has 29 heavy (non-hydrogen) atoms. The van der Waals surface area contributed by atoms with Crippen LogP contribution in [0.15, 0.2) is 30.3 Å². The number of nitrogens with zero attached hydrogens (tertiary/aromatic N) is 2. The Morgan fingerprint density at radius 3 is 2.66 bits per heavy atom. The standard InChI is InChI=1S/C22H22N4O3/c1-4-28-20-10-15(5-6-19(20)29-12-21(24)27)9-16(11-23)22-25-17-7-13(2)14(3)8-18(17)26-22/h5-10H,4,12H2,1-3H3,(H2,24,27)(H,25,26)/b16-9-. The molecule has 0 saturated carbocycles. The van der Waals surface area contributed by atoms with Gasteiger partial charge in [0.25, 0.3) is 5.91 Å². The molecule has 3 rings (SSSR count). The van der Waals surface area contributed by atoms with Crippen molar-refractivity contribution in [3.63, 3.8) is 0 Å². The molecule has 0 atom stereocenters. The number of nitrogens with one attached hydrogen (secondary N) is 1. The summed E-state index contributed by atoms with van der Waals surface area (Å²) < 4.78 is 11.0. The molecule has 3 aromatic rings. The number of hydrogen-bond donors (Lipinski definition) is 2. The number of fused-ring (bicyclic) bond motifs is 1. The van der Waals surface area contributed by atoms with Crippen LogP contribution in [-0.4, -0.2) is 29.1 Å². The molecule has 2 aromatic carbocycles. The van der Waals surface area contributed by atoms with E-state index < -0.39 is 5.91 Å². The van der Waals surface area contributed by atoms with Crippen LogP contribution in [0, 0.1) is 25.2 Å². The van der Waals surface area contributed by atoms with E-state index in [0.29, 0.717) is 29.5 Å². The number of primary amides is 1. The normalized spacial score (nSPS) is 11.3. The van der Waals surface area contributed by atoms with E-state index in [1.54, 1.807) is 24.3 Å². The maximum atomic E-state index is 11.0. The van der Waals surface area contributed by atoms with Gasteiger partial charge >= 0.3 is 0 Å². The number of aromatic amines is 1. The first-order valence-corrected chi connectivity index (χ1v) is 9.18. The van der Waals surface area contributed by atoms with E-state index in [1.807, 2.05) is 32.9 Å². The van der Waals surface area contributed by atoms with Gasteiger partial charge in [0.2, 0.25) is 0 Å². The van der Waals surface area contributed by atoms with Crippen LogP contribution in [0.4, 0.5) is 0 Å². The van der Waals surface area contributed by atoms with Crippen LogP contribution in [0.5, 0.6) is 11.5 Å². The summed E-state index contributed by atoms with van der Waals surface area (Å²) in [6.45, 7) is 6.10. The minimum Gasteiger partial charge on any atom is -0.490 e. The molecule has 1 heterocycles. The third-order valence-corrected chi connectivity index (χ3v) is 4.42. The molecule has 0 aliphatic rings. The number of rotatable bonds is 7. The molecule has 0 fully saturated rings. The third-order valence-electron chi connectivity index (χ3n) is 4.42. The number of aryl methyl sites for hydroxylation is 2. The Morgan fingerprint density at radius 1 is 1.21 bits per heavy atom. The number of nitrogens with two attached hydrogens (primary N) is 1. The van der Waals surface area contributed by atoms with Gasteiger partial charge in [-0.3, -0.25) is 4.79 Å². The zero-order valence-corrected chi connectivity index (χ0v) is 16.6. The molecular weight excluding hydrogens is 368 g/mol. The van der Waals surface area contributed by atoms with Gasteiger partial charge in [-0.15, -0.1) is 0 Å². The van der Waals surface area contributed by atoms with Crippen LogP contribution in [0.2, 0.25) is 0 Å². The molecule has 0 aliphatic heterocycles. The van der Waals surface area contributed by atoms with Gasteiger partial charge in [0.05, 0.1) is 23.2 Å². The molecule has 148 valence electrons. The molecular formula is C22H22N4O3. The molecule has 7 heteroatoms. The first kappa shape index (κ1) is 20.0. The van der Waals surface area contributed by atoms with Gasteiger partial charge in [-0.2, -0.15) is 5.26 Å². The molecule has 0 bridgehead atoms. The fraction of sp³-hybridized carbons (Fsp3) is 0.227. The molecule has 3 N–H and O–H groups in total. The van der Waals surface area contributed by atoms with Crippen molar-refractivity contribution in [2.45, 2.75) is 20.8 Å². The van der Waals surface area contributed by atoms with Crippen molar-refractivity contribution in [2.75, 3.05) is 13.2 Å². The van der Waals surface area contributed by atoms with E-state index in [1.165, 1.54) is 0 Å². The lowest BCUT2D eigenvalue weighted by atomic mass is 10.1. The van der Waals surface area contributed by atoms with Gasteiger partial charge < -0.3 is 20.2 Å². The Morgan fingerprint density at radius 2 is 1.97 bits per heavy atom. The van der Waals surface area contributed by atoms with Crippen LogP contribution in [0.25, 0.3) is 22.7 Å². The maximum Gasteiger partial charge on any atom is 0.255 e. The largest absolute Gasteiger partial charge is 0.490 e. The van der Waals surface area contributed by atoms with Gasteiger partial charge in [-0.25, -0.2) is 4.98 Å². The van der Waals surface area contributed by atoms with E-state index in [-0.39, 0.29) is 6.61 Å². The van der Waals surface area contributed by atoms with Crippen molar-refractivity contribution in [1.29, 1.82) is 5.26 Å². The Kier molecular flexibility index (Phi) is 5.84. The highest BCUT2D eigenvalue weighted by atomic mass is 16.5. The quantitative estimate of drug-likeness (QED) is 0.599. The fourth-order valence-corrected chi connectivity index (χ4v) is 2.87. The third kappa shape index (κ3) is 4.55. The van der Waals surface area contributed by atoms with Crippen LogP contribution in [-0.2, 0) is 4.79 Å². The predicted molar refractivity (Wildman–Crippen MR) is 111 cm³/mol. The van der Waals surface area contributed by atoms with Crippen LogP contribution in [0.1, 0.15) is 29.4 Å². The maximum absolute atomic E-state index is 11.0. The number of aromatic nitrogens is 2. The number of ether oxygens (including phenoxy) is 2. The van der Waals surface area contributed by atoms with Crippen molar-refractivity contribution >= 4 is 28.6 Å². The van der Waals surface area contributed by atoms with E-state index in [4.69, 9.17) is 15.2 Å². The lowest BCUT2D eigenvalue weighted by Gasteiger charge is -2.11. The second-order valence-corrected chi connectivity index (χ2v) is 6.60. The van der Waals surface area contributed by atoms with Crippen molar-refractivity contribution < 1.29 is 14.3 Å². The first-order chi connectivity index (χ1) is 13.9. The van der Waals surface area contributed by atoms with E-state index in [2.05, 4.69) is 16.0 Å². The topological polar surface area (TPSA) is 114 Å². The summed E-state index contributed by atoms with van der Waals surface area (Å²) in [4.78, 5) is 18.7. The Hall–Kier alpha value is -3.79. The van der Waals surface area contributed by atoms with Crippen LogP contribution in [0.3, 0.4) is 0 Å². The Bertz CT molecular complexity index is 1100. The predicted octanol–water partition coefficient (Wildman–Crippen LogP) is 3.51. The average molecular weight is 390 g/mol. The lowest BCUT2D eigenvalue weighted by molar-refractivity contribution is -0.119. The SMILES string of the molecule is CCOc1cc(/C=C(/C#N)c2nc3cc(C)c(C)cc3[nH]2)ccc1OCC(N)=O. The zero-order chi connectivity index (χ0) is 21.0. The molecule has 0 radical (unpaired) electrons. The number of amides is 1.